The van der Waals surface area contributed by atoms with Crippen LogP contribution in [-0.2, 0) is 10.0 Å². The lowest BCUT2D eigenvalue weighted by Gasteiger charge is -2.21. The van der Waals surface area contributed by atoms with Crippen LogP contribution in [0.3, 0.4) is 0 Å². The van der Waals surface area contributed by atoms with Gasteiger partial charge in [-0.15, -0.1) is 0 Å². The van der Waals surface area contributed by atoms with E-state index < -0.39 is 15.3 Å². The summed E-state index contributed by atoms with van der Waals surface area (Å²) in [7, 11) is -1.87. The zero-order chi connectivity index (χ0) is 11.6. The molecule has 0 unspecified atom stereocenters. The highest BCUT2D eigenvalue weighted by molar-refractivity contribution is 7.93. The Morgan fingerprint density at radius 1 is 1.20 bits per heavy atom. The van der Waals surface area contributed by atoms with E-state index in [0.29, 0.717) is 5.69 Å². The van der Waals surface area contributed by atoms with Crippen molar-refractivity contribution in [2.45, 2.75) is 19.1 Å². The van der Waals surface area contributed by atoms with Crippen LogP contribution in [0.5, 0.6) is 0 Å². The Balaban J connectivity index is 3.05. The summed E-state index contributed by atoms with van der Waals surface area (Å²) in [5.41, 5.74) is 0.463. The lowest BCUT2D eigenvalue weighted by Crippen LogP contribution is -2.32. The molecule has 0 aliphatic carbocycles. The van der Waals surface area contributed by atoms with E-state index in [4.69, 9.17) is 0 Å². The summed E-state index contributed by atoms with van der Waals surface area (Å²) in [6, 6.07) is 5.36. The first-order valence-electron chi connectivity index (χ1n) is 4.59. The molecule has 0 heterocycles. The molecular formula is C10H14FNO2S. The molecule has 0 bridgehead atoms. The summed E-state index contributed by atoms with van der Waals surface area (Å²) in [4.78, 5) is 0. The molecule has 84 valence electrons. The normalized spacial score (nSPS) is 11.8. The van der Waals surface area contributed by atoms with Gasteiger partial charge in [-0.25, -0.2) is 12.8 Å². The lowest BCUT2D eigenvalue weighted by atomic mass is 10.3. The largest absolute Gasteiger partial charge is 0.273 e. The number of halogens is 1. The van der Waals surface area contributed by atoms with Crippen LogP contribution in [0, 0.1) is 5.82 Å². The van der Waals surface area contributed by atoms with E-state index in [1.54, 1.807) is 13.8 Å². The summed E-state index contributed by atoms with van der Waals surface area (Å²) in [5.74, 6) is -0.380. The number of hydrogen-bond acceptors (Lipinski definition) is 2. The second kappa shape index (κ2) is 4.18. The third kappa shape index (κ3) is 2.47. The molecule has 0 aliphatic rings. The molecule has 0 aromatic heterocycles. The van der Waals surface area contributed by atoms with Gasteiger partial charge in [0.2, 0.25) is 10.0 Å². The van der Waals surface area contributed by atoms with Gasteiger partial charge >= 0.3 is 0 Å². The number of benzene rings is 1. The Morgan fingerprint density at radius 3 is 2.07 bits per heavy atom. The number of hydrogen-bond donors (Lipinski definition) is 0. The summed E-state index contributed by atoms with van der Waals surface area (Å²) < 4.78 is 37.3. The second-order valence-electron chi connectivity index (χ2n) is 3.54. The van der Waals surface area contributed by atoms with Crippen LogP contribution in [0.2, 0.25) is 0 Å². The summed E-state index contributed by atoms with van der Waals surface area (Å²) in [6.45, 7) is 3.21. The molecule has 0 radical (unpaired) electrons. The summed E-state index contributed by atoms with van der Waals surface area (Å²) in [6.07, 6.45) is 0. The SMILES string of the molecule is CC(C)S(=O)(=O)N(C)c1ccc(F)cc1. The molecular weight excluding hydrogens is 217 g/mol. The molecule has 1 rings (SSSR count). The topological polar surface area (TPSA) is 37.4 Å². The lowest BCUT2D eigenvalue weighted by molar-refractivity contribution is 0.585. The fourth-order valence-electron chi connectivity index (χ4n) is 1.11. The fourth-order valence-corrected chi connectivity index (χ4v) is 2.16. The molecule has 0 N–H and O–H groups in total. The van der Waals surface area contributed by atoms with E-state index in [0.717, 1.165) is 4.31 Å². The van der Waals surface area contributed by atoms with E-state index >= 15 is 0 Å². The molecule has 0 fully saturated rings. The quantitative estimate of drug-likeness (QED) is 0.798. The van der Waals surface area contributed by atoms with Crippen molar-refractivity contribution < 1.29 is 12.8 Å². The predicted octanol–water partition coefficient (Wildman–Crippen LogP) is 2.00. The number of sulfonamides is 1. The van der Waals surface area contributed by atoms with Gasteiger partial charge in [-0.3, -0.25) is 4.31 Å². The van der Waals surface area contributed by atoms with Gasteiger partial charge in [0.05, 0.1) is 10.9 Å². The summed E-state index contributed by atoms with van der Waals surface area (Å²) in [5, 5.41) is -0.493. The number of nitrogens with zero attached hydrogens (tertiary/aromatic N) is 1. The average molecular weight is 231 g/mol. The molecule has 1 aromatic carbocycles. The maximum absolute atomic E-state index is 12.6. The molecule has 0 amide bonds. The van der Waals surface area contributed by atoms with Crippen molar-refractivity contribution in [1.29, 1.82) is 0 Å². The number of rotatable bonds is 3. The molecule has 0 saturated heterocycles. The fraction of sp³-hybridized carbons (Fsp3) is 0.400. The van der Waals surface area contributed by atoms with Crippen LogP contribution >= 0.6 is 0 Å². The van der Waals surface area contributed by atoms with E-state index in [1.165, 1.54) is 31.3 Å². The van der Waals surface area contributed by atoms with Crippen molar-refractivity contribution in [2.75, 3.05) is 11.4 Å². The molecule has 0 aliphatic heterocycles. The van der Waals surface area contributed by atoms with Crippen molar-refractivity contribution in [3.63, 3.8) is 0 Å². The Labute approximate surface area is 89.6 Å². The maximum atomic E-state index is 12.6. The molecule has 15 heavy (non-hydrogen) atoms. The van der Waals surface area contributed by atoms with Crippen LogP contribution < -0.4 is 4.31 Å². The highest BCUT2D eigenvalue weighted by Gasteiger charge is 2.22. The third-order valence-corrected chi connectivity index (χ3v) is 4.33. The van der Waals surface area contributed by atoms with Gasteiger partial charge in [0.15, 0.2) is 0 Å². The van der Waals surface area contributed by atoms with Crippen LogP contribution in [-0.4, -0.2) is 20.7 Å². The van der Waals surface area contributed by atoms with Gasteiger partial charge in [-0.2, -0.15) is 0 Å². The minimum atomic E-state index is -3.33. The Kier molecular flexibility index (Phi) is 3.34. The maximum Gasteiger partial charge on any atom is 0.237 e. The smallest absolute Gasteiger partial charge is 0.237 e. The van der Waals surface area contributed by atoms with Crippen LogP contribution in [0.25, 0.3) is 0 Å². The standard InChI is InChI=1S/C10H14FNO2S/c1-8(2)15(13,14)12(3)10-6-4-9(11)5-7-10/h4-8H,1-3H3. The zero-order valence-corrected chi connectivity index (χ0v) is 9.75. The van der Waals surface area contributed by atoms with Gasteiger partial charge in [-0.1, -0.05) is 0 Å². The van der Waals surface area contributed by atoms with Gasteiger partial charge in [-0.05, 0) is 38.1 Å². The van der Waals surface area contributed by atoms with Crippen molar-refractivity contribution >= 4 is 15.7 Å². The van der Waals surface area contributed by atoms with Crippen molar-refractivity contribution in [1.82, 2.24) is 0 Å². The number of anilines is 1. The average Bonchev–Trinajstić information content (AvgIpc) is 2.17. The van der Waals surface area contributed by atoms with E-state index in [9.17, 15) is 12.8 Å². The minimum Gasteiger partial charge on any atom is -0.273 e. The first-order chi connectivity index (χ1) is 6.85. The third-order valence-electron chi connectivity index (χ3n) is 2.17. The molecule has 3 nitrogen and oxygen atoms in total. The summed E-state index contributed by atoms with van der Waals surface area (Å²) >= 11 is 0. The monoisotopic (exact) mass is 231 g/mol. The molecule has 0 atom stereocenters. The van der Waals surface area contributed by atoms with E-state index in [-0.39, 0.29) is 5.82 Å². The van der Waals surface area contributed by atoms with Gasteiger partial charge in [0, 0.05) is 7.05 Å². The second-order valence-corrected chi connectivity index (χ2v) is 6.06. The Bertz CT molecular complexity index is 425. The van der Waals surface area contributed by atoms with Crippen LogP contribution in [0.4, 0.5) is 10.1 Å². The molecule has 5 heteroatoms. The van der Waals surface area contributed by atoms with Crippen LogP contribution in [0.1, 0.15) is 13.8 Å². The zero-order valence-electron chi connectivity index (χ0n) is 8.94. The van der Waals surface area contributed by atoms with Crippen molar-refractivity contribution in [3.05, 3.63) is 30.1 Å². The predicted molar refractivity (Wildman–Crippen MR) is 58.9 cm³/mol. The molecule has 1 aromatic rings. The van der Waals surface area contributed by atoms with Gasteiger partial charge < -0.3 is 0 Å². The first kappa shape index (κ1) is 12.0. The Hall–Kier alpha value is -1.10. The molecule has 0 spiro atoms. The highest BCUT2D eigenvalue weighted by atomic mass is 32.2. The minimum absolute atomic E-state index is 0.380. The van der Waals surface area contributed by atoms with Gasteiger partial charge in [0.25, 0.3) is 0 Å². The Morgan fingerprint density at radius 2 is 1.67 bits per heavy atom. The molecule has 0 saturated carbocycles. The first-order valence-corrected chi connectivity index (χ1v) is 6.09. The van der Waals surface area contributed by atoms with E-state index in [2.05, 4.69) is 0 Å². The van der Waals surface area contributed by atoms with Crippen LogP contribution in [0.15, 0.2) is 24.3 Å². The van der Waals surface area contributed by atoms with Crippen molar-refractivity contribution in [2.24, 2.45) is 0 Å². The van der Waals surface area contributed by atoms with E-state index in [1.807, 2.05) is 0 Å². The van der Waals surface area contributed by atoms with Gasteiger partial charge in [0.1, 0.15) is 5.82 Å². The van der Waals surface area contributed by atoms with Crippen molar-refractivity contribution in [3.8, 4) is 0 Å². The highest BCUT2D eigenvalue weighted by Crippen LogP contribution is 2.18.